The topological polar surface area (TPSA) is 75.3 Å². The van der Waals surface area contributed by atoms with Crippen LogP contribution in [0.3, 0.4) is 0 Å². The molecule has 17 heavy (non-hydrogen) atoms. The van der Waals surface area contributed by atoms with Crippen molar-refractivity contribution >= 4 is 21.6 Å². The lowest BCUT2D eigenvalue weighted by Gasteiger charge is -2.03. The number of hydrogen-bond donors (Lipinski definition) is 2. The van der Waals surface area contributed by atoms with Crippen molar-refractivity contribution in [3.8, 4) is 11.8 Å². The molecule has 0 atom stereocenters. The van der Waals surface area contributed by atoms with Crippen LogP contribution in [0.1, 0.15) is 17.3 Å². The van der Waals surface area contributed by atoms with E-state index in [1.165, 1.54) is 12.1 Å². The van der Waals surface area contributed by atoms with Crippen molar-refractivity contribution in [3.63, 3.8) is 0 Å². The van der Waals surface area contributed by atoms with Gasteiger partial charge in [0.15, 0.2) is 0 Å². The molecule has 0 bridgehead atoms. The number of fused-ring (bicyclic) bond motifs is 1. The summed E-state index contributed by atoms with van der Waals surface area (Å²) in [5.74, 6) is 4.94. The molecule has 0 aliphatic carbocycles. The maximum absolute atomic E-state index is 11.5. The van der Waals surface area contributed by atoms with E-state index >= 15 is 0 Å². The van der Waals surface area contributed by atoms with Crippen molar-refractivity contribution in [1.82, 2.24) is 4.72 Å². The van der Waals surface area contributed by atoms with Crippen LogP contribution < -0.4 is 10.0 Å². The summed E-state index contributed by atoms with van der Waals surface area (Å²) in [4.78, 5) is 11.4. The van der Waals surface area contributed by atoms with E-state index in [0.29, 0.717) is 12.2 Å². The van der Waals surface area contributed by atoms with E-state index in [-0.39, 0.29) is 10.5 Å². The summed E-state index contributed by atoms with van der Waals surface area (Å²) in [6.07, 6.45) is 0. The zero-order chi connectivity index (χ0) is 12.5. The highest BCUT2D eigenvalue weighted by Gasteiger charge is 2.32. The van der Waals surface area contributed by atoms with Crippen molar-refractivity contribution < 1.29 is 13.2 Å². The summed E-state index contributed by atoms with van der Waals surface area (Å²) in [6.45, 7) is 2.17. The average molecular weight is 250 g/mol. The van der Waals surface area contributed by atoms with Gasteiger partial charge in [-0.05, 0) is 25.1 Å². The smallest absolute Gasteiger partial charge is 0.266 e. The van der Waals surface area contributed by atoms with Crippen LogP contribution in [0.5, 0.6) is 0 Å². The standard InChI is InChI=1S/C11H10N2O3S/c1-2-3-6-12-8-4-5-10-9(7-8)11(14)13-17(10,15)16/h4-5,7,12H,6H2,1H3,(H,13,14). The van der Waals surface area contributed by atoms with Crippen molar-refractivity contribution in [2.45, 2.75) is 11.8 Å². The molecular formula is C11H10N2O3S. The molecule has 1 aliphatic heterocycles. The summed E-state index contributed by atoms with van der Waals surface area (Å²) >= 11 is 0. The Labute approximate surface area is 99.3 Å². The van der Waals surface area contributed by atoms with Gasteiger partial charge in [-0.1, -0.05) is 5.92 Å². The molecule has 1 aromatic carbocycles. The molecule has 0 aromatic heterocycles. The molecule has 0 saturated heterocycles. The predicted molar refractivity (Wildman–Crippen MR) is 63.0 cm³/mol. The lowest BCUT2D eigenvalue weighted by Crippen LogP contribution is -2.20. The van der Waals surface area contributed by atoms with Gasteiger partial charge in [-0.15, -0.1) is 5.92 Å². The Kier molecular flexibility index (Phi) is 2.77. The van der Waals surface area contributed by atoms with Crippen molar-refractivity contribution in [1.29, 1.82) is 0 Å². The van der Waals surface area contributed by atoms with Gasteiger partial charge in [0.25, 0.3) is 15.9 Å². The minimum atomic E-state index is -3.65. The fourth-order valence-corrected chi connectivity index (χ4v) is 2.67. The Morgan fingerprint density at radius 1 is 1.41 bits per heavy atom. The molecule has 0 fully saturated rings. The maximum atomic E-state index is 11.5. The maximum Gasteiger partial charge on any atom is 0.266 e. The number of nitrogens with one attached hydrogen (secondary N) is 2. The monoisotopic (exact) mass is 250 g/mol. The first-order valence-electron chi connectivity index (χ1n) is 4.89. The number of rotatable bonds is 2. The molecule has 1 amide bonds. The van der Waals surface area contributed by atoms with Gasteiger partial charge in [0.05, 0.1) is 12.1 Å². The lowest BCUT2D eigenvalue weighted by atomic mass is 10.2. The molecule has 0 unspecified atom stereocenters. The Hall–Kier alpha value is -2.00. The molecule has 2 rings (SSSR count). The molecule has 2 N–H and O–H groups in total. The first kappa shape index (κ1) is 11.5. The highest BCUT2D eigenvalue weighted by molar-refractivity contribution is 7.90. The number of sulfonamides is 1. The van der Waals surface area contributed by atoms with Crippen molar-refractivity contribution in [2.75, 3.05) is 11.9 Å². The van der Waals surface area contributed by atoms with Crippen LogP contribution >= 0.6 is 0 Å². The Balaban J connectivity index is 2.35. The molecule has 0 radical (unpaired) electrons. The summed E-state index contributed by atoms with van der Waals surface area (Å²) in [5.41, 5.74) is 0.832. The third kappa shape index (κ3) is 2.10. The number of carbonyl (C=O) groups excluding carboxylic acids is 1. The first-order chi connectivity index (χ1) is 8.04. The van der Waals surface area contributed by atoms with Crippen LogP contribution in [0.4, 0.5) is 5.69 Å². The molecule has 1 aliphatic rings. The Bertz CT molecular complexity index is 638. The largest absolute Gasteiger partial charge is 0.374 e. The molecular weight excluding hydrogens is 240 g/mol. The van der Waals surface area contributed by atoms with Crippen LogP contribution in [-0.2, 0) is 10.0 Å². The van der Waals surface area contributed by atoms with Gasteiger partial charge < -0.3 is 5.32 Å². The minimum absolute atomic E-state index is 0.0228. The van der Waals surface area contributed by atoms with E-state index in [2.05, 4.69) is 17.2 Å². The van der Waals surface area contributed by atoms with E-state index < -0.39 is 15.9 Å². The van der Waals surface area contributed by atoms with Crippen LogP contribution in [0, 0.1) is 11.8 Å². The van der Waals surface area contributed by atoms with Crippen LogP contribution in [0.2, 0.25) is 0 Å². The summed E-state index contributed by atoms with van der Waals surface area (Å²) in [6, 6.07) is 4.52. The molecule has 5 nitrogen and oxygen atoms in total. The number of amides is 1. The number of carbonyl (C=O) groups is 1. The van der Waals surface area contributed by atoms with Crippen LogP contribution in [0.25, 0.3) is 0 Å². The van der Waals surface area contributed by atoms with E-state index in [9.17, 15) is 13.2 Å². The highest BCUT2D eigenvalue weighted by Crippen LogP contribution is 2.25. The second-order valence-electron chi connectivity index (χ2n) is 3.43. The summed E-state index contributed by atoms with van der Waals surface area (Å²) < 4.78 is 24.9. The van der Waals surface area contributed by atoms with Gasteiger partial charge in [-0.3, -0.25) is 4.79 Å². The zero-order valence-electron chi connectivity index (χ0n) is 9.07. The quantitative estimate of drug-likeness (QED) is 0.752. The van der Waals surface area contributed by atoms with Gasteiger partial charge in [0, 0.05) is 5.69 Å². The third-order valence-corrected chi connectivity index (χ3v) is 3.69. The van der Waals surface area contributed by atoms with Crippen LogP contribution in [0.15, 0.2) is 23.1 Å². The van der Waals surface area contributed by atoms with E-state index in [1.54, 1.807) is 13.0 Å². The predicted octanol–water partition coefficient (Wildman–Crippen LogP) is 0.554. The summed E-state index contributed by atoms with van der Waals surface area (Å²) in [5, 5.41) is 2.97. The van der Waals surface area contributed by atoms with Crippen molar-refractivity contribution in [2.24, 2.45) is 0 Å². The van der Waals surface area contributed by atoms with E-state index in [1.807, 2.05) is 4.72 Å². The zero-order valence-corrected chi connectivity index (χ0v) is 9.89. The molecule has 0 spiro atoms. The lowest BCUT2D eigenvalue weighted by molar-refractivity contribution is 0.0985. The molecule has 1 heterocycles. The number of hydrogen-bond acceptors (Lipinski definition) is 4. The summed E-state index contributed by atoms with van der Waals surface area (Å²) in [7, 11) is -3.65. The van der Waals surface area contributed by atoms with Crippen molar-refractivity contribution in [3.05, 3.63) is 23.8 Å². The van der Waals surface area contributed by atoms with E-state index in [0.717, 1.165) is 0 Å². The van der Waals surface area contributed by atoms with Gasteiger partial charge in [-0.25, -0.2) is 13.1 Å². The second kappa shape index (κ2) is 4.11. The third-order valence-electron chi connectivity index (χ3n) is 2.30. The molecule has 0 saturated carbocycles. The fraction of sp³-hybridized carbons (Fsp3) is 0.182. The van der Waals surface area contributed by atoms with Gasteiger partial charge >= 0.3 is 0 Å². The van der Waals surface area contributed by atoms with Gasteiger partial charge in [0.1, 0.15) is 4.90 Å². The highest BCUT2D eigenvalue weighted by atomic mass is 32.2. The minimum Gasteiger partial charge on any atom is -0.374 e. The van der Waals surface area contributed by atoms with Gasteiger partial charge in [-0.2, -0.15) is 0 Å². The molecule has 6 heteroatoms. The fourth-order valence-electron chi connectivity index (χ4n) is 1.52. The Morgan fingerprint density at radius 3 is 2.88 bits per heavy atom. The average Bonchev–Trinajstić information content (AvgIpc) is 2.50. The molecule has 88 valence electrons. The molecule has 1 aromatic rings. The number of benzene rings is 1. The normalized spacial score (nSPS) is 15.5. The van der Waals surface area contributed by atoms with E-state index in [4.69, 9.17) is 0 Å². The number of anilines is 1. The Morgan fingerprint density at radius 2 is 2.18 bits per heavy atom. The SMILES string of the molecule is CC#CCNc1ccc2c(c1)C(=O)NS2(=O)=O. The van der Waals surface area contributed by atoms with Gasteiger partial charge in [0.2, 0.25) is 0 Å². The van der Waals surface area contributed by atoms with Crippen LogP contribution in [-0.4, -0.2) is 20.9 Å². The second-order valence-corrected chi connectivity index (χ2v) is 5.08. The first-order valence-corrected chi connectivity index (χ1v) is 6.37.